The maximum atomic E-state index is 6.24. The van der Waals surface area contributed by atoms with E-state index in [2.05, 4.69) is 5.32 Å². The van der Waals surface area contributed by atoms with Crippen LogP contribution < -0.4 is 20.5 Å². The Morgan fingerprint density at radius 2 is 2.24 bits per heavy atom. The summed E-state index contributed by atoms with van der Waals surface area (Å²) in [7, 11) is 0. The van der Waals surface area contributed by atoms with Crippen molar-refractivity contribution in [2.75, 3.05) is 19.9 Å². The van der Waals surface area contributed by atoms with Crippen LogP contribution in [0.25, 0.3) is 0 Å². The summed E-state index contributed by atoms with van der Waals surface area (Å²) in [5.74, 6) is 2.35. The molecule has 0 aliphatic carbocycles. The first-order chi connectivity index (χ1) is 8.33. The molecule has 3 rings (SSSR count). The van der Waals surface area contributed by atoms with Crippen molar-refractivity contribution >= 4 is 0 Å². The molecule has 0 saturated carbocycles. The quantitative estimate of drug-likeness (QED) is 0.830. The number of hydrogen-bond donors (Lipinski definition) is 2. The largest absolute Gasteiger partial charge is 0.454 e. The van der Waals surface area contributed by atoms with E-state index >= 15 is 0 Å². The summed E-state index contributed by atoms with van der Waals surface area (Å²) in [4.78, 5) is 0. The van der Waals surface area contributed by atoms with Crippen molar-refractivity contribution in [2.45, 2.75) is 18.9 Å². The van der Waals surface area contributed by atoms with Gasteiger partial charge in [0.25, 0.3) is 0 Å². The molecule has 0 aromatic heterocycles. The van der Waals surface area contributed by atoms with E-state index in [0.717, 1.165) is 36.6 Å². The molecule has 1 saturated heterocycles. The first kappa shape index (κ1) is 10.9. The third kappa shape index (κ3) is 2.23. The van der Waals surface area contributed by atoms with Crippen molar-refractivity contribution in [1.82, 2.24) is 5.32 Å². The van der Waals surface area contributed by atoms with Gasteiger partial charge in [-0.3, -0.25) is 0 Å². The molecule has 2 heterocycles. The second-order valence-corrected chi connectivity index (χ2v) is 4.81. The van der Waals surface area contributed by atoms with Gasteiger partial charge in [0, 0.05) is 6.04 Å². The van der Waals surface area contributed by atoms with Crippen molar-refractivity contribution in [1.29, 1.82) is 0 Å². The molecule has 2 aliphatic heterocycles. The summed E-state index contributed by atoms with van der Waals surface area (Å²) < 4.78 is 10.7. The Kier molecular flexibility index (Phi) is 2.91. The first-order valence-corrected chi connectivity index (χ1v) is 6.19. The Labute approximate surface area is 101 Å². The van der Waals surface area contributed by atoms with Crippen LogP contribution in [0, 0.1) is 5.92 Å². The zero-order chi connectivity index (χ0) is 11.7. The number of rotatable bonds is 3. The molecule has 4 heteroatoms. The Hall–Kier alpha value is -1.26. The van der Waals surface area contributed by atoms with Crippen LogP contribution in [0.4, 0.5) is 0 Å². The van der Waals surface area contributed by atoms with Gasteiger partial charge in [-0.2, -0.15) is 0 Å². The lowest BCUT2D eigenvalue weighted by Crippen LogP contribution is -2.17. The second-order valence-electron chi connectivity index (χ2n) is 4.81. The Balaban J connectivity index is 1.70. The van der Waals surface area contributed by atoms with E-state index in [1.54, 1.807) is 0 Å². The molecular formula is C13H18N2O2. The van der Waals surface area contributed by atoms with Crippen LogP contribution in [0.3, 0.4) is 0 Å². The smallest absolute Gasteiger partial charge is 0.231 e. The van der Waals surface area contributed by atoms with Gasteiger partial charge in [0.1, 0.15) is 0 Å². The zero-order valence-electron chi connectivity index (χ0n) is 9.82. The van der Waals surface area contributed by atoms with Crippen molar-refractivity contribution in [3.63, 3.8) is 0 Å². The average Bonchev–Trinajstić information content (AvgIpc) is 2.97. The first-order valence-electron chi connectivity index (χ1n) is 6.19. The molecule has 0 spiro atoms. The van der Waals surface area contributed by atoms with E-state index in [1.165, 1.54) is 6.42 Å². The van der Waals surface area contributed by atoms with Crippen molar-refractivity contribution < 1.29 is 9.47 Å². The SMILES string of the molecule is NC(CC1CCNC1)c1ccc2c(c1)OCO2. The maximum Gasteiger partial charge on any atom is 0.231 e. The summed E-state index contributed by atoms with van der Waals surface area (Å²) in [5, 5.41) is 3.37. The molecule has 0 radical (unpaired) electrons. The molecular weight excluding hydrogens is 216 g/mol. The van der Waals surface area contributed by atoms with Crippen LogP contribution in [-0.4, -0.2) is 19.9 Å². The predicted molar refractivity (Wildman–Crippen MR) is 65.1 cm³/mol. The van der Waals surface area contributed by atoms with Gasteiger partial charge in [0.15, 0.2) is 11.5 Å². The van der Waals surface area contributed by atoms with Gasteiger partial charge in [-0.15, -0.1) is 0 Å². The molecule has 0 bridgehead atoms. The second kappa shape index (κ2) is 4.55. The van der Waals surface area contributed by atoms with Gasteiger partial charge in [-0.05, 0) is 49.5 Å². The lowest BCUT2D eigenvalue weighted by Gasteiger charge is -2.16. The summed E-state index contributed by atoms with van der Waals surface area (Å²) in [6, 6.07) is 6.09. The van der Waals surface area contributed by atoms with Crippen LogP contribution >= 0.6 is 0 Å². The molecule has 0 amide bonds. The Morgan fingerprint density at radius 3 is 3.06 bits per heavy atom. The van der Waals surface area contributed by atoms with E-state index in [4.69, 9.17) is 15.2 Å². The normalized spacial score (nSPS) is 23.9. The molecule has 4 nitrogen and oxygen atoms in total. The fourth-order valence-electron chi connectivity index (χ4n) is 2.55. The molecule has 1 aromatic carbocycles. The molecule has 2 unspecified atom stereocenters. The average molecular weight is 234 g/mol. The zero-order valence-corrected chi connectivity index (χ0v) is 9.82. The minimum atomic E-state index is 0.0920. The van der Waals surface area contributed by atoms with E-state index < -0.39 is 0 Å². The highest BCUT2D eigenvalue weighted by Crippen LogP contribution is 2.35. The van der Waals surface area contributed by atoms with E-state index in [9.17, 15) is 0 Å². The fraction of sp³-hybridized carbons (Fsp3) is 0.538. The number of nitrogens with two attached hydrogens (primary N) is 1. The molecule has 2 atom stereocenters. The van der Waals surface area contributed by atoms with E-state index in [-0.39, 0.29) is 6.04 Å². The lowest BCUT2D eigenvalue weighted by atomic mass is 9.94. The summed E-state index contributed by atoms with van der Waals surface area (Å²) in [6.45, 7) is 2.54. The van der Waals surface area contributed by atoms with Crippen molar-refractivity contribution in [3.05, 3.63) is 23.8 Å². The molecule has 1 fully saturated rings. The summed E-state index contributed by atoms with van der Waals surface area (Å²) in [6.07, 6.45) is 2.27. The monoisotopic (exact) mass is 234 g/mol. The highest BCUT2D eigenvalue weighted by atomic mass is 16.7. The summed E-state index contributed by atoms with van der Waals surface area (Å²) in [5.41, 5.74) is 7.38. The van der Waals surface area contributed by atoms with Crippen LogP contribution in [0.5, 0.6) is 11.5 Å². The van der Waals surface area contributed by atoms with Crippen LogP contribution in [0.1, 0.15) is 24.4 Å². The van der Waals surface area contributed by atoms with Gasteiger partial charge in [0.05, 0.1) is 0 Å². The molecule has 2 aliphatic rings. The number of benzene rings is 1. The van der Waals surface area contributed by atoms with E-state index in [1.807, 2.05) is 18.2 Å². The third-order valence-corrected chi connectivity index (χ3v) is 3.57. The summed E-state index contributed by atoms with van der Waals surface area (Å²) >= 11 is 0. The molecule has 17 heavy (non-hydrogen) atoms. The molecule has 3 N–H and O–H groups in total. The Morgan fingerprint density at radius 1 is 1.35 bits per heavy atom. The number of nitrogens with one attached hydrogen (secondary N) is 1. The third-order valence-electron chi connectivity index (χ3n) is 3.57. The predicted octanol–water partition coefficient (Wildman–Crippen LogP) is 1.41. The van der Waals surface area contributed by atoms with Gasteiger partial charge in [0.2, 0.25) is 6.79 Å². The lowest BCUT2D eigenvalue weighted by molar-refractivity contribution is 0.174. The number of fused-ring (bicyclic) bond motifs is 1. The topological polar surface area (TPSA) is 56.5 Å². The van der Waals surface area contributed by atoms with Crippen LogP contribution in [0.15, 0.2) is 18.2 Å². The van der Waals surface area contributed by atoms with Crippen LogP contribution in [-0.2, 0) is 0 Å². The van der Waals surface area contributed by atoms with Gasteiger partial charge < -0.3 is 20.5 Å². The van der Waals surface area contributed by atoms with Crippen LogP contribution in [0.2, 0.25) is 0 Å². The number of ether oxygens (including phenoxy) is 2. The maximum absolute atomic E-state index is 6.24. The molecule has 1 aromatic rings. The molecule has 92 valence electrons. The Bertz CT molecular complexity index is 402. The highest BCUT2D eigenvalue weighted by Gasteiger charge is 2.20. The fourth-order valence-corrected chi connectivity index (χ4v) is 2.55. The van der Waals surface area contributed by atoms with Crippen molar-refractivity contribution in [3.8, 4) is 11.5 Å². The standard InChI is InChI=1S/C13H18N2O2/c14-11(5-9-3-4-15-7-9)10-1-2-12-13(6-10)17-8-16-12/h1-2,6,9,11,15H,3-5,7-8,14H2. The van der Waals surface area contributed by atoms with Gasteiger partial charge in [-0.25, -0.2) is 0 Å². The van der Waals surface area contributed by atoms with Gasteiger partial charge >= 0.3 is 0 Å². The number of hydrogen-bond acceptors (Lipinski definition) is 4. The van der Waals surface area contributed by atoms with Crippen molar-refractivity contribution in [2.24, 2.45) is 11.7 Å². The minimum absolute atomic E-state index is 0.0920. The van der Waals surface area contributed by atoms with Gasteiger partial charge in [-0.1, -0.05) is 6.07 Å². The highest BCUT2D eigenvalue weighted by molar-refractivity contribution is 5.45. The minimum Gasteiger partial charge on any atom is -0.454 e. The van der Waals surface area contributed by atoms with E-state index in [0.29, 0.717) is 12.7 Å².